The SMILES string of the molecule is COC(=O)C1=CC(N)CCC1. The molecule has 3 nitrogen and oxygen atoms in total. The molecule has 0 amide bonds. The van der Waals surface area contributed by atoms with Crippen LogP contribution in [0.25, 0.3) is 0 Å². The van der Waals surface area contributed by atoms with Gasteiger partial charge in [0.25, 0.3) is 0 Å². The van der Waals surface area contributed by atoms with Crippen LogP contribution in [-0.4, -0.2) is 19.1 Å². The minimum atomic E-state index is -0.236. The third kappa shape index (κ3) is 2.05. The summed E-state index contributed by atoms with van der Waals surface area (Å²) in [5, 5.41) is 0. The molecule has 0 aromatic carbocycles. The van der Waals surface area contributed by atoms with E-state index in [0.717, 1.165) is 24.8 Å². The predicted molar refractivity (Wildman–Crippen MR) is 41.9 cm³/mol. The molecule has 1 atom stereocenters. The largest absolute Gasteiger partial charge is 0.466 e. The number of esters is 1. The minimum Gasteiger partial charge on any atom is -0.466 e. The van der Waals surface area contributed by atoms with Crippen LogP contribution in [-0.2, 0) is 9.53 Å². The van der Waals surface area contributed by atoms with Crippen LogP contribution in [0.2, 0.25) is 0 Å². The Kier molecular flexibility index (Phi) is 2.65. The molecule has 0 aliphatic heterocycles. The van der Waals surface area contributed by atoms with Gasteiger partial charge in [-0.3, -0.25) is 0 Å². The molecule has 62 valence electrons. The first-order valence-corrected chi connectivity index (χ1v) is 3.78. The van der Waals surface area contributed by atoms with Gasteiger partial charge in [0, 0.05) is 11.6 Å². The second-order valence-electron chi connectivity index (χ2n) is 2.74. The van der Waals surface area contributed by atoms with Crippen molar-refractivity contribution in [1.29, 1.82) is 0 Å². The van der Waals surface area contributed by atoms with E-state index in [2.05, 4.69) is 4.74 Å². The molecule has 0 saturated heterocycles. The summed E-state index contributed by atoms with van der Waals surface area (Å²) in [7, 11) is 1.39. The summed E-state index contributed by atoms with van der Waals surface area (Å²) < 4.78 is 4.58. The van der Waals surface area contributed by atoms with Crippen molar-refractivity contribution in [2.75, 3.05) is 7.11 Å². The first-order valence-electron chi connectivity index (χ1n) is 3.78. The van der Waals surface area contributed by atoms with E-state index in [4.69, 9.17) is 5.73 Å². The Morgan fingerprint density at radius 3 is 3.09 bits per heavy atom. The molecule has 1 aliphatic rings. The molecule has 1 aliphatic carbocycles. The highest BCUT2D eigenvalue weighted by Crippen LogP contribution is 2.17. The lowest BCUT2D eigenvalue weighted by Crippen LogP contribution is -2.23. The van der Waals surface area contributed by atoms with Gasteiger partial charge in [-0.05, 0) is 19.3 Å². The summed E-state index contributed by atoms with van der Waals surface area (Å²) in [6.45, 7) is 0. The van der Waals surface area contributed by atoms with Crippen LogP contribution in [0.15, 0.2) is 11.6 Å². The quantitative estimate of drug-likeness (QED) is 0.564. The molecule has 1 unspecified atom stereocenters. The average Bonchev–Trinajstić information content (AvgIpc) is 2.03. The Hall–Kier alpha value is -0.830. The number of hydrogen-bond donors (Lipinski definition) is 1. The Balaban J connectivity index is 2.63. The molecule has 0 bridgehead atoms. The number of carbonyl (C=O) groups excluding carboxylic acids is 1. The monoisotopic (exact) mass is 155 g/mol. The van der Waals surface area contributed by atoms with Gasteiger partial charge < -0.3 is 10.5 Å². The zero-order valence-electron chi connectivity index (χ0n) is 6.67. The number of methoxy groups -OCH3 is 1. The maximum Gasteiger partial charge on any atom is 0.333 e. The third-order valence-corrected chi connectivity index (χ3v) is 1.85. The van der Waals surface area contributed by atoms with Gasteiger partial charge in [0.15, 0.2) is 0 Å². The lowest BCUT2D eigenvalue weighted by atomic mass is 9.96. The van der Waals surface area contributed by atoms with Gasteiger partial charge in [-0.25, -0.2) is 4.79 Å². The number of nitrogens with two attached hydrogens (primary N) is 1. The van der Waals surface area contributed by atoms with Crippen LogP contribution in [0.4, 0.5) is 0 Å². The van der Waals surface area contributed by atoms with Crippen molar-refractivity contribution in [1.82, 2.24) is 0 Å². The van der Waals surface area contributed by atoms with Gasteiger partial charge >= 0.3 is 5.97 Å². The molecular formula is C8H13NO2. The van der Waals surface area contributed by atoms with Crippen molar-refractivity contribution in [3.63, 3.8) is 0 Å². The van der Waals surface area contributed by atoms with Gasteiger partial charge in [-0.1, -0.05) is 6.08 Å². The molecular weight excluding hydrogens is 142 g/mol. The van der Waals surface area contributed by atoms with Crippen LogP contribution < -0.4 is 5.73 Å². The molecule has 0 radical (unpaired) electrons. The highest BCUT2D eigenvalue weighted by atomic mass is 16.5. The van der Waals surface area contributed by atoms with E-state index < -0.39 is 0 Å². The summed E-state index contributed by atoms with van der Waals surface area (Å²) in [6.07, 6.45) is 4.57. The van der Waals surface area contributed by atoms with E-state index in [0.29, 0.717) is 0 Å². The van der Waals surface area contributed by atoms with Crippen molar-refractivity contribution in [3.8, 4) is 0 Å². The Morgan fingerprint density at radius 2 is 2.55 bits per heavy atom. The fourth-order valence-corrected chi connectivity index (χ4v) is 1.25. The normalized spacial score (nSPS) is 24.2. The van der Waals surface area contributed by atoms with E-state index >= 15 is 0 Å². The maximum absolute atomic E-state index is 11.0. The number of ether oxygens (including phenoxy) is 1. The zero-order chi connectivity index (χ0) is 8.27. The fourth-order valence-electron chi connectivity index (χ4n) is 1.25. The molecule has 0 aromatic heterocycles. The molecule has 0 fully saturated rings. The lowest BCUT2D eigenvalue weighted by Gasteiger charge is -2.15. The fraction of sp³-hybridized carbons (Fsp3) is 0.625. The summed E-state index contributed by atoms with van der Waals surface area (Å²) in [5.41, 5.74) is 6.36. The Bertz CT molecular complexity index is 187. The van der Waals surface area contributed by atoms with Gasteiger partial charge in [0.1, 0.15) is 0 Å². The van der Waals surface area contributed by atoms with E-state index in [1.165, 1.54) is 7.11 Å². The standard InChI is InChI=1S/C8H13NO2/c1-11-8(10)6-3-2-4-7(9)5-6/h5,7H,2-4,9H2,1H3. The van der Waals surface area contributed by atoms with Crippen LogP contribution >= 0.6 is 0 Å². The summed E-state index contributed by atoms with van der Waals surface area (Å²) in [4.78, 5) is 11.0. The number of carbonyl (C=O) groups is 1. The van der Waals surface area contributed by atoms with Crippen LogP contribution in [0.1, 0.15) is 19.3 Å². The molecule has 0 saturated carbocycles. The second-order valence-corrected chi connectivity index (χ2v) is 2.74. The highest BCUT2D eigenvalue weighted by Gasteiger charge is 2.15. The minimum absolute atomic E-state index is 0.0397. The van der Waals surface area contributed by atoms with Crippen LogP contribution in [0.5, 0.6) is 0 Å². The van der Waals surface area contributed by atoms with E-state index in [1.54, 1.807) is 6.08 Å². The summed E-state index contributed by atoms with van der Waals surface area (Å²) in [6, 6.07) is 0.0397. The highest BCUT2D eigenvalue weighted by molar-refractivity contribution is 5.88. The van der Waals surface area contributed by atoms with Gasteiger partial charge in [0.2, 0.25) is 0 Å². The van der Waals surface area contributed by atoms with Crippen molar-refractivity contribution < 1.29 is 9.53 Å². The Morgan fingerprint density at radius 1 is 1.82 bits per heavy atom. The van der Waals surface area contributed by atoms with E-state index in [9.17, 15) is 4.79 Å². The molecule has 1 rings (SSSR count). The van der Waals surface area contributed by atoms with Gasteiger partial charge in [-0.15, -0.1) is 0 Å². The molecule has 3 heteroatoms. The lowest BCUT2D eigenvalue weighted by molar-refractivity contribution is -0.136. The molecule has 0 aromatic rings. The van der Waals surface area contributed by atoms with Gasteiger partial charge in [0.05, 0.1) is 7.11 Å². The number of rotatable bonds is 1. The number of hydrogen-bond acceptors (Lipinski definition) is 3. The molecule has 0 heterocycles. The first kappa shape index (κ1) is 8.27. The van der Waals surface area contributed by atoms with Crippen molar-refractivity contribution in [3.05, 3.63) is 11.6 Å². The van der Waals surface area contributed by atoms with E-state index in [1.807, 2.05) is 0 Å². The Labute approximate surface area is 66.2 Å². The summed E-state index contributed by atoms with van der Waals surface area (Å²) >= 11 is 0. The van der Waals surface area contributed by atoms with Crippen molar-refractivity contribution in [2.45, 2.75) is 25.3 Å². The molecule has 11 heavy (non-hydrogen) atoms. The van der Waals surface area contributed by atoms with Crippen molar-refractivity contribution >= 4 is 5.97 Å². The third-order valence-electron chi connectivity index (χ3n) is 1.85. The zero-order valence-corrected chi connectivity index (χ0v) is 6.67. The molecule has 0 spiro atoms. The van der Waals surface area contributed by atoms with E-state index in [-0.39, 0.29) is 12.0 Å². The maximum atomic E-state index is 11.0. The van der Waals surface area contributed by atoms with Crippen LogP contribution in [0, 0.1) is 0 Å². The average molecular weight is 155 g/mol. The van der Waals surface area contributed by atoms with Gasteiger partial charge in [-0.2, -0.15) is 0 Å². The smallest absolute Gasteiger partial charge is 0.333 e. The van der Waals surface area contributed by atoms with Crippen molar-refractivity contribution in [2.24, 2.45) is 5.73 Å². The van der Waals surface area contributed by atoms with Crippen LogP contribution in [0.3, 0.4) is 0 Å². The second kappa shape index (κ2) is 3.53. The molecule has 2 N–H and O–H groups in total. The topological polar surface area (TPSA) is 52.3 Å². The first-order chi connectivity index (χ1) is 5.24. The predicted octanol–water partition coefficient (Wildman–Crippen LogP) is 0.597. The summed E-state index contributed by atoms with van der Waals surface area (Å²) in [5.74, 6) is -0.236.